The van der Waals surface area contributed by atoms with E-state index >= 15 is 0 Å². The van der Waals surface area contributed by atoms with E-state index in [1.807, 2.05) is 6.07 Å². The molecule has 2 rings (SSSR count). The van der Waals surface area contributed by atoms with Gasteiger partial charge in [-0.1, -0.05) is 26.0 Å². The molecule has 1 unspecified atom stereocenters. The minimum Gasteiger partial charge on any atom is -0.381 e. The average molecular weight is 268 g/mol. The van der Waals surface area contributed by atoms with Crippen molar-refractivity contribution in [3.8, 4) is 0 Å². The fraction of sp³-hybridized carbons (Fsp3) is 0.538. The molecule has 1 aromatic carbocycles. The zero-order chi connectivity index (χ0) is 10.9. The average Bonchev–Trinajstić information content (AvgIpc) is 2.50. The Balaban J connectivity index is 2.02. The fourth-order valence-corrected chi connectivity index (χ4v) is 2.76. The molecule has 1 aliphatic carbocycles. The van der Waals surface area contributed by atoms with Crippen molar-refractivity contribution < 1.29 is 0 Å². The van der Waals surface area contributed by atoms with E-state index in [9.17, 15) is 0 Å². The largest absolute Gasteiger partial charge is 0.381 e. The standard InChI is InChI=1S/C13H18BrN/c1-13(2)8-7-10(9-13)15-12-6-4-3-5-11(12)14/h3-6,10,15H,7-9H2,1-2H3. The fourth-order valence-electron chi connectivity index (χ4n) is 2.36. The predicted molar refractivity (Wildman–Crippen MR) is 69.2 cm³/mol. The molecule has 0 bridgehead atoms. The second-order valence-electron chi connectivity index (χ2n) is 5.23. The Labute approximate surface area is 100 Å². The molecule has 82 valence electrons. The van der Waals surface area contributed by atoms with Crippen molar-refractivity contribution in [3.63, 3.8) is 0 Å². The van der Waals surface area contributed by atoms with Gasteiger partial charge in [0.1, 0.15) is 0 Å². The van der Waals surface area contributed by atoms with Crippen molar-refractivity contribution in [1.82, 2.24) is 0 Å². The second-order valence-corrected chi connectivity index (χ2v) is 6.08. The maximum Gasteiger partial charge on any atom is 0.0486 e. The molecule has 0 aliphatic heterocycles. The normalized spacial score (nSPS) is 24.1. The van der Waals surface area contributed by atoms with Crippen LogP contribution in [0.4, 0.5) is 5.69 Å². The molecule has 1 N–H and O–H groups in total. The molecule has 1 aromatic rings. The summed E-state index contributed by atoms with van der Waals surface area (Å²) in [7, 11) is 0. The summed E-state index contributed by atoms with van der Waals surface area (Å²) in [4.78, 5) is 0. The Morgan fingerprint density at radius 1 is 1.33 bits per heavy atom. The lowest BCUT2D eigenvalue weighted by Gasteiger charge is -2.19. The minimum atomic E-state index is 0.513. The number of halogens is 1. The third kappa shape index (κ3) is 2.75. The van der Waals surface area contributed by atoms with E-state index in [1.54, 1.807) is 0 Å². The third-order valence-electron chi connectivity index (χ3n) is 3.20. The number of nitrogens with one attached hydrogen (secondary N) is 1. The molecular formula is C13H18BrN. The van der Waals surface area contributed by atoms with Crippen molar-refractivity contribution in [2.45, 2.75) is 39.2 Å². The topological polar surface area (TPSA) is 12.0 Å². The Hall–Kier alpha value is -0.500. The summed E-state index contributed by atoms with van der Waals surface area (Å²) < 4.78 is 1.16. The summed E-state index contributed by atoms with van der Waals surface area (Å²) in [5.41, 5.74) is 1.74. The summed E-state index contributed by atoms with van der Waals surface area (Å²) in [6.07, 6.45) is 3.89. The van der Waals surface area contributed by atoms with E-state index in [0.717, 1.165) is 4.47 Å². The molecular weight excluding hydrogens is 250 g/mol. The van der Waals surface area contributed by atoms with Gasteiger partial charge in [-0.25, -0.2) is 0 Å². The zero-order valence-corrected chi connectivity index (χ0v) is 11.0. The molecule has 1 aliphatic rings. The van der Waals surface area contributed by atoms with Gasteiger partial charge in [-0.15, -0.1) is 0 Å². The van der Waals surface area contributed by atoms with Gasteiger partial charge in [-0.05, 0) is 52.7 Å². The Morgan fingerprint density at radius 2 is 2.07 bits per heavy atom. The number of anilines is 1. The van der Waals surface area contributed by atoms with Gasteiger partial charge in [0.25, 0.3) is 0 Å². The summed E-state index contributed by atoms with van der Waals surface area (Å²) >= 11 is 3.57. The lowest BCUT2D eigenvalue weighted by atomic mass is 9.92. The molecule has 1 fully saturated rings. The Morgan fingerprint density at radius 3 is 2.67 bits per heavy atom. The second kappa shape index (κ2) is 4.17. The molecule has 15 heavy (non-hydrogen) atoms. The molecule has 0 spiro atoms. The van der Waals surface area contributed by atoms with Crippen molar-refractivity contribution in [3.05, 3.63) is 28.7 Å². The van der Waals surface area contributed by atoms with E-state index in [4.69, 9.17) is 0 Å². The van der Waals surface area contributed by atoms with E-state index in [2.05, 4.69) is 53.3 Å². The molecule has 0 aromatic heterocycles. The number of rotatable bonds is 2. The van der Waals surface area contributed by atoms with Gasteiger partial charge in [-0.3, -0.25) is 0 Å². The van der Waals surface area contributed by atoms with E-state index in [-0.39, 0.29) is 0 Å². The molecule has 1 saturated carbocycles. The van der Waals surface area contributed by atoms with E-state index in [0.29, 0.717) is 11.5 Å². The number of para-hydroxylation sites is 1. The maximum absolute atomic E-state index is 3.62. The smallest absolute Gasteiger partial charge is 0.0486 e. The Bertz CT molecular complexity index is 346. The van der Waals surface area contributed by atoms with Gasteiger partial charge < -0.3 is 5.32 Å². The van der Waals surface area contributed by atoms with Gasteiger partial charge in [0, 0.05) is 16.2 Å². The molecule has 1 atom stereocenters. The minimum absolute atomic E-state index is 0.513. The highest BCUT2D eigenvalue weighted by Crippen LogP contribution is 2.38. The van der Waals surface area contributed by atoms with Crippen molar-refractivity contribution in [2.75, 3.05) is 5.32 Å². The first kappa shape index (κ1) is 11.0. The summed E-state index contributed by atoms with van der Waals surface area (Å²) in [5, 5.41) is 3.62. The SMILES string of the molecule is CC1(C)CCC(Nc2ccccc2Br)C1. The first-order chi connectivity index (χ1) is 7.07. The molecule has 0 amide bonds. The highest BCUT2D eigenvalue weighted by Gasteiger charge is 2.30. The van der Waals surface area contributed by atoms with Crippen LogP contribution < -0.4 is 5.32 Å². The van der Waals surface area contributed by atoms with Gasteiger partial charge in [-0.2, -0.15) is 0 Å². The van der Waals surface area contributed by atoms with Crippen LogP contribution >= 0.6 is 15.9 Å². The Kier molecular flexibility index (Phi) is 3.06. The number of hydrogen-bond donors (Lipinski definition) is 1. The van der Waals surface area contributed by atoms with Crippen LogP contribution in [-0.4, -0.2) is 6.04 Å². The highest BCUT2D eigenvalue weighted by atomic mass is 79.9. The van der Waals surface area contributed by atoms with Crippen molar-refractivity contribution >= 4 is 21.6 Å². The van der Waals surface area contributed by atoms with Crippen LogP contribution in [-0.2, 0) is 0 Å². The van der Waals surface area contributed by atoms with Crippen molar-refractivity contribution in [1.29, 1.82) is 0 Å². The predicted octanol–water partition coefficient (Wildman–Crippen LogP) is 4.44. The highest BCUT2D eigenvalue weighted by molar-refractivity contribution is 9.10. The molecule has 0 saturated heterocycles. The third-order valence-corrected chi connectivity index (χ3v) is 3.89. The van der Waals surface area contributed by atoms with Gasteiger partial charge in [0.05, 0.1) is 0 Å². The van der Waals surface area contributed by atoms with Gasteiger partial charge in [0.15, 0.2) is 0 Å². The molecule has 0 heterocycles. The quantitative estimate of drug-likeness (QED) is 0.836. The van der Waals surface area contributed by atoms with E-state index < -0.39 is 0 Å². The lowest BCUT2D eigenvalue weighted by molar-refractivity contribution is 0.378. The first-order valence-electron chi connectivity index (χ1n) is 5.58. The van der Waals surface area contributed by atoms with Crippen LogP contribution in [0, 0.1) is 5.41 Å². The number of benzene rings is 1. The molecule has 0 radical (unpaired) electrons. The molecule has 2 heteroatoms. The summed E-state index contributed by atoms with van der Waals surface area (Å²) in [6, 6.07) is 8.98. The van der Waals surface area contributed by atoms with Crippen LogP contribution in [0.5, 0.6) is 0 Å². The van der Waals surface area contributed by atoms with Crippen LogP contribution in [0.25, 0.3) is 0 Å². The van der Waals surface area contributed by atoms with Crippen LogP contribution in [0.15, 0.2) is 28.7 Å². The summed E-state index contributed by atoms with van der Waals surface area (Å²) in [5.74, 6) is 0. The van der Waals surface area contributed by atoms with Gasteiger partial charge >= 0.3 is 0 Å². The van der Waals surface area contributed by atoms with Crippen LogP contribution in [0.1, 0.15) is 33.1 Å². The first-order valence-corrected chi connectivity index (χ1v) is 6.37. The zero-order valence-electron chi connectivity index (χ0n) is 9.39. The number of hydrogen-bond acceptors (Lipinski definition) is 1. The van der Waals surface area contributed by atoms with Crippen LogP contribution in [0.3, 0.4) is 0 Å². The maximum atomic E-state index is 3.62. The lowest BCUT2D eigenvalue weighted by Crippen LogP contribution is -2.17. The van der Waals surface area contributed by atoms with Gasteiger partial charge in [0.2, 0.25) is 0 Å². The molecule has 1 nitrogen and oxygen atoms in total. The summed E-state index contributed by atoms with van der Waals surface area (Å²) in [6.45, 7) is 4.71. The monoisotopic (exact) mass is 267 g/mol. The van der Waals surface area contributed by atoms with Crippen molar-refractivity contribution in [2.24, 2.45) is 5.41 Å². The van der Waals surface area contributed by atoms with Crippen LogP contribution in [0.2, 0.25) is 0 Å². The van der Waals surface area contributed by atoms with E-state index in [1.165, 1.54) is 24.9 Å².